The van der Waals surface area contributed by atoms with Crippen LogP contribution in [0.1, 0.15) is 41.6 Å². The lowest BCUT2D eigenvalue weighted by Gasteiger charge is -2.36. The molecule has 1 N–H and O–H groups in total. The van der Waals surface area contributed by atoms with Gasteiger partial charge in [0.1, 0.15) is 0 Å². The number of rotatable bonds is 6. The molecular weight excluding hydrogens is 362 g/mol. The van der Waals surface area contributed by atoms with Crippen LogP contribution in [0.25, 0.3) is 0 Å². The molecule has 0 atom stereocenters. The van der Waals surface area contributed by atoms with E-state index < -0.39 is 0 Å². The first kappa shape index (κ1) is 19.8. The quantitative estimate of drug-likeness (QED) is 0.767. The van der Waals surface area contributed by atoms with E-state index in [1.165, 1.54) is 25.9 Å². The third kappa shape index (κ3) is 5.11. The van der Waals surface area contributed by atoms with Crippen LogP contribution in [-0.4, -0.2) is 60.3 Å². The van der Waals surface area contributed by atoms with Gasteiger partial charge in [-0.25, -0.2) is 0 Å². The van der Waals surface area contributed by atoms with E-state index in [0.717, 1.165) is 31.6 Å². The van der Waals surface area contributed by atoms with Crippen molar-refractivity contribution in [1.82, 2.24) is 9.80 Å². The number of nitrogens with one attached hydrogen (secondary N) is 1. The normalized spacial score (nSPS) is 18.6. The fourth-order valence-corrected chi connectivity index (χ4v) is 4.41. The minimum Gasteiger partial charge on any atom is -0.325 e. The number of carbonyl (C=O) groups is 2. The van der Waals surface area contributed by atoms with Crippen molar-refractivity contribution in [3.8, 4) is 0 Å². The summed E-state index contributed by atoms with van der Waals surface area (Å²) < 4.78 is 0. The SMILES string of the molecule is O=C(CN1CCC(N2CCCC2)CC1)Nc1ccc(C(=O)c2ccccc2)cc1. The van der Waals surface area contributed by atoms with Crippen molar-refractivity contribution in [3.63, 3.8) is 0 Å². The van der Waals surface area contributed by atoms with Crippen LogP contribution in [0.15, 0.2) is 54.6 Å². The Bertz CT molecular complexity index is 821. The Labute approximate surface area is 172 Å². The lowest BCUT2D eigenvalue weighted by molar-refractivity contribution is -0.117. The lowest BCUT2D eigenvalue weighted by Crippen LogP contribution is -2.45. The highest BCUT2D eigenvalue weighted by Gasteiger charge is 2.27. The zero-order valence-corrected chi connectivity index (χ0v) is 16.8. The molecule has 0 bridgehead atoms. The topological polar surface area (TPSA) is 52.7 Å². The van der Waals surface area contributed by atoms with Crippen LogP contribution in [0, 0.1) is 0 Å². The molecule has 2 heterocycles. The maximum absolute atomic E-state index is 12.5. The summed E-state index contributed by atoms with van der Waals surface area (Å²) in [6.07, 6.45) is 4.98. The maximum Gasteiger partial charge on any atom is 0.238 e. The number of likely N-dealkylation sites (tertiary alicyclic amines) is 2. The Morgan fingerprint density at radius 1 is 0.828 bits per heavy atom. The van der Waals surface area contributed by atoms with E-state index >= 15 is 0 Å². The van der Waals surface area contributed by atoms with Crippen LogP contribution < -0.4 is 5.32 Å². The molecule has 0 aromatic heterocycles. The number of benzene rings is 2. The predicted molar refractivity (Wildman–Crippen MR) is 115 cm³/mol. The van der Waals surface area contributed by atoms with Crippen molar-refractivity contribution < 1.29 is 9.59 Å². The number of amides is 1. The number of carbonyl (C=O) groups excluding carboxylic acids is 2. The highest BCUT2D eigenvalue weighted by atomic mass is 16.2. The zero-order chi connectivity index (χ0) is 20.1. The Balaban J connectivity index is 1.25. The summed E-state index contributed by atoms with van der Waals surface area (Å²) in [5.74, 6) is -0.00360. The monoisotopic (exact) mass is 391 g/mol. The standard InChI is InChI=1S/C24H29N3O2/c28-23(18-26-16-12-22(13-17-26)27-14-4-5-15-27)25-21-10-8-20(9-11-21)24(29)19-6-2-1-3-7-19/h1-3,6-11,22H,4-5,12-18H2,(H,25,28). The molecule has 5 nitrogen and oxygen atoms in total. The van der Waals surface area contributed by atoms with Crippen LogP contribution in [0.2, 0.25) is 0 Å². The molecule has 0 spiro atoms. The van der Waals surface area contributed by atoms with E-state index in [1.807, 2.05) is 30.3 Å². The van der Waals surface area contributed by atoms with Gasteiger partial charge in [-0.1, -0.05) is 30.3 Å². The Morgan fingerprint density at radius 2 is 1.45 bits per heavy atom. The molecule has 2 saturated heterocycles. The molecule has 0 aliphatic carbocycles. The van der Waals surface area contributed by atoms with Gasteiger partial charge < -0.3 is 10.2 Å². The number of anilines is 1. The van der Waals surface area contributed by atoms with Crippen molar-refractivity contribution in [2.24, 2.45) is 0 Å². The largest absolute Gasteiger partial charge is 0.325 e. The third-order valence-electron chi connectivity index (χ3n) is 6.05. The molecule has 2 aliphatic rings. The predicted octanol–water partition coefficient (Wildman–Crippen LogP) is 3.42. The Kier molecular flexibility index (Phi) is 6.37. The van der Waals surface area contributed by atoms with Crippen LogP contribution in [0.4, 0.5) is 5.69 Å². The summed E-state index contributed by atoms with van der Waals surface area (Å²) in [5.41, 5.74) is 2.02. The molecule has 1 amide bonds. The molecule has 4 rings (SSSR count). The molecular formula is C24H29N3O2. The van der Waals surface area contributed by atoms with Gasteiger partial charge in [0.05, 0.1) is 6.54 Å². The average Bonchev–Trinajstić information content (AvgIpc) is 3.30. The smallest absolute Gasteiger partial charge is 0.238 e. The second-order valence-corrected chi connectivity index (χ2v) is 8.07. The first-order chi connectivity index (χ1) is 14.2. The third-order valence-corrected chi connectivity index (χ3v) is 6.05. The van der Waals surface area contributed by atoms with Crippen molar-refractivity contribution >= 4 is 17.4 Å². The lowest BCUT2D eigenvalue weighted by atomic mass is 10.0. The van der Waals surface area contributed by atoms with E-state index in [1.54, 1.807) is 24.3 Å². The van der Waals surface area contributed by atoms with Gasteiger partial charge in [0, 0.05) is 35.9 Å². The van der Waals surface area contributed by atoms with Gasteiger partial charge in [-0.3, -0.25) is 14.5 Å². The van der Waals surface area contributed by atoms with Crippen molar-refractivity contribution in [3.05, 3.63) is 65.7 Å². The Hall–Kier alpha value is -2.50. The molecule has 2 aromatic rings. The highest BCUT2D eigenvalue weighted by molar-refractivity contribution is 6.09. The van der Waals surface area contributed by atoms with Gasteiger partial charge in [0.2, 0.25) is 5.91 Å². The summed E-state index contributed by atoms with van der Waals surface area (Å²) in [4.78, 5) is 29.8. The summed E-state index contributed by atoms with van der Waals surface area (Å²) in [6.45, 7) is 4.89. The maximum atomic E-state index is 12.5. The van der Waals surface area contributed by atoms with E-state index in [-0.39, 0.29) is 11.7 Å². The molecule has 29 heavy (non-hydrogen) atoms. The number of ketones is 1. The van der Waals surface area contributed by atoms with Crippen molar-refractivity contribution in [2.75, 3.05) is 38.0 Å². The number of piperidine rings is 1. The summed E-state index contributed by atoms with van der Waals surface area (Å²) >= 11 is 0. The van der Waals surface area contributed by atoms with Crippen molar-refractivity contribution in [2.45, 2.75) is 31.7 Å². The van der Waals surface area contributed by atoms with Crippen molar-refractivity contribution in [1.29, 1.82) is 0 Å². The molecule has 152 valence electrons. The second kappa shape index (κ2) is 9.33. The zero-order valence-electron chi connectivity index (χ0n) is 16.8. The van der Waals surface area contributed by atoms with E-state index in [4.69, 9.17) is 0 Å². The minimum absolute atomic E-state index is 0.00626. The van der Waals surface area contributed by atoms with Gasteiger partial charge >= 0.3 is 0 Å². The fourth-order valence-electron chi connectivity index (χ4n) is 4.41. The second-order valence-electron chi connectivity index (χ2n) is 8.07. The summed E-state index contributed by atoms with van der Waals surface area (Å²) in [6, 6.07) is 17.1. The molecule has 0 radical (unpaired) electrons. The van der Waals surface area contributed by atoms with E-state index in [2.05, 4.69) is 15.1 Å². The van der Waals surface area contributed by atoms with Gasteiger partial charge in [0.15, 0.2) is 5.78 Å². The fraction of sp³-hybridized carbons (Fsp3) is 0.417. The van der Waals surface area contributed by atoms with Gasteiger partial charge in [0.25, 0.3) is 0 Å². The number of hydrogen-bond donors (Lipinski definition) is 1. The van der Waals surface area contributed by atoms with Gasteiger partial charge in [-0.05, 0) is 63.0 Å². The molecule has 2 fully saturated rings. The molecule has 2 aliphatic heterocycles. The molecule has 0 unspecified atom stereocenters. The Morgan fingerprint density at radius 3 is 2.10 bits per heavy atom. The number of hydrogen-bond acceptors (Lipinski definition) is 4. The minimum atomic E-state index is -0.00986. The highest BCUT2D eigenvalue weighted by Crippen LogP contribution is 2.21. The first-order valence-corrected chi connectivity index (χ1v) is 10.6. The van der Waals surface area contributed by atoms with Crippen LogP contribution in [0.3, 0.4) is 0 Å². The van der Waals surface area contributed by atoms with E-state index in [0.29, 0.717) is 23.7 Å². The average molecular weight is 392 g/mol. The number of nitrogens with zero attached hydrogens (tertiary/aromatic N) is 2. The summed E-state index contributed by atoms with van der Waals surface area (Å²) in [7, 11) is 0. The summed E-state index contributed by atoms with van der Waals surface area (Å²) in [5, 5.41) is 2.96. The first-order valence-electron chi connectivity index (χ1n) is 10.6. The van der Waals surface area contributed by atoms with Crippen LogP contribution in [-0.2, 0) is 4.79 Å². The van der Waals surface area contributed by atoms with Gasteiger partial charge in [-0.15, -0.1) is 0 Å². The van der Waals surface area contributed by atoms with E-state index in [9.17, 15) is 9.59 Å². The molecule has 5 heteroatoms. The van der Waals surface area contributed by atoms with Crippen LogP contribution in [0.5, 0.6) is 0 Å². The van der Waals surface area contributed by atoms with Gasteiger partial charge in [-0.2, -0.15) is 0 Å². The molecule has 0 saturated carbocycles. The van der Waals surface area contributed by atoms with Crippen LogP contribution >= 0.6 is 0 Å². The molecule has 2 aromatic carbocycles.